The highest BCUT2D eigenvalue weighted by Crippen LogP contribution is 2.23. The van der Waals surface area contributed by atoms with E-state index in [2.05, 4.69) is 22.3 Å². The smallest absolute Gasteiger partial charge is 0.159 e. The summed E-state index contributed by atoms with van der Waals surface area (Å²) in [5, 5.41) is 13.1. The second-order valence-corrected chi connectivity index (χ2v) is 6.24. The Morgan fingerprint density at radius 3 is 1.37 bits per heavy atom. The Labute approximate surface area is 161 Å². The van der Waals surface area contributed by atoms with E-state index in [1.165, 1.54) is 0 Å². The van der Waals surface area contributed by atoms with Crippen LogP contribution in [0.15, 0.2) is 101 Å². The molecule has 0 aliphatic heterocycles. The van der Waals surface area contributed by atoms with Crippen molar-refractivity contribution in [3.63, 3.8) is 0 Å². The van der Waals surface area contributed by atoms with Crippen LogP contribution in [0.2, 0.25) is 0 Å². The molecule has 0 saturated heterocycles. The van der Waals surface area contributed by atoms with Gasteiger partial charge in [0.2, 0.25) is 0 Å². The number of rotatable bonds is 7. The van der Waals surface area contributed by atoms with Crippen LogP contribution < -0.4 is 0 Å². The summed E-state index contributed by atoms with van der Waals surface area (Å²) in [5.74, 6) is 0. The molecule has 27 heavy (non-hydrogen) atoms. The van der Waals surface area contributed by atoms with Gasteiger partial charge in [-0.2, -0.15) is 10.2 Å². The Bertz CT molecular complexity index is 805. The fraction of sp³-hybridized carbons (Fsp3) is 0.130. The van der Waals surface area contributed by atoms with Crippen molar-refractivity contribution in [3.05, 3.63) is 108 Å². The molecule has 3 aromatic carbocycles. The minimum absolute atomic E-state index is 0.119. The lowest BCUT2D eigenvalue weighted by atomic mass is 10.1. The lowest BCUT2D eigenvalue weighted by Crippen LogP contribution is -2.31. The number of benzene rings is 3. The van der Waals surface area contributed by atoms with Crippen molar-refractivity contribution < 1.29 is 0 Å². The van der Waals surface area contributed by atoms with Gasteiger partial charge in [0.15, 0.2) is 6.17 Å². The summed E-state index contributed by atoms with van der Waals surface area (Å²) in [6.07, 6.45) is 3.61. The van der Waals surface area contributed by atoms with Gasteiger partial charge in [-0.1, -0.05) is 91.0 Å². The molecule has 4 heteroatoms. The van der Waals surface area contributed by atoms with E-state index >= 15 is 0 Å². The summed E-state index contributed by atoms with van der Waals surface area (Å²) in [6, 6.07) is 30.4. The van der Waals surface area contributed by atoms with Crippen molar-refractivity contribution in [2.75, 3.05) is 14.1 Å². The lowest BCUT2D eigenvalue weighted by molar-refractivity contribution is 0.0897. The standard InChI is InChI=1S/C23H24N4/c1-26(24-18-20-12-6-3-7-13-20)23(22-16-10-5-11-17-22)27(2)25-19-21-14-8-4-9-15-21/h3-19,23H,1-2H3/b24-18+,25-19+. The molecular formula is C23H24N4. The number of nitrogens with zero attached hydrogens (tertiary/aromatic N) is 4. The summed E-state index contributed by atoms with van der Waals surface area (Å²) in [4.78, 5) is 0. The normalized spacial score (nSPS) is 11.4. The maximum absolute atomic E-state index is 4.64. The third-order valence-electron chi connectivity index (χ3n) is 4.18. The maximum atomic E-state index is 4.64. The van der Waals surface area contributed by atoms with Crippen LogP contribution >= 0.6 is 0 Å². The van der Waals surface area contributed by atoms with Crippen molar-refractivity contribution in [2.24, 2.45) is 10.2 Å². The molecule has 0 aliphatic rings. The van der Waals surface area contributed by atoms with Gasteiger partial charge in [0.25, 0.3) is 0 Å². The number of hydrogen-bond acceptors (Lipinski definition) is 4. The minimum Gasteiger partial charge on any atom is -0.272 e. The first-order valence-corrected chi connectivity index (χ1v) is 8.93. The van der Waals surface area contributed by atoms with E-state index in [9.17, 15) is 0 Å². The van der Waals surface area contributed by atoms with Gasteiger partial charge in [-0.3, -0.25) is 10.0 Å². The van der Waals surface area contributed by atoms with Crippen molar-refractivity contribution >= 4 is 12.4 Å². The summed E-state index contributed by atoms with van der Waals surface area (Å²) in [7, 11) is 3.93. The summed E-state index contributed by atoms with van der Waals surface area (Å²) >= 11 is 0. The van der Waals surface area contributed by atoms with E-state index in [-0.39, 0.29) is 6.17 Å². The first-order chi connectivity index (χ1) is 13.2. The fourth-order valence-corrected chi connectivity index (χ4v) is 2.82. The fourth-order valence-electron chi connectivity index (χ4n) is 2.82. The molecule has 136 valence electrons. The monoisotopic (exact) mass is 356 g/mol. The zero-order chi connectivity index (χ0) is 18.9. The molecule has 0 radical (unpaired) electrons. The van der Waals surface area contributed by atoms with Crippen LogP contribution in [0.1, 0.15) is 22.9 Å². The average Bonchev–Trinajstić information content (AvgIpc) is 2.73. The van der Waals surface area contributed by atoms with E-state index in [0.29, 0.717) is 0 Å². The Hall–Kier alpha value is -3.40. The predicted molar refractivity (Wildman–Crippen MR) is 113 cm³/mol. The molecular weight excluding hydrogens is 332 g/mol. The second kappa shape index (κ2) is 9.34. The third kappa shape index (κ3) is 5.28. The Balaban J connectivity index is 1.82. The Morgan fingerprint density at radius 1 is 0.593 bits per heavy atom. The van der Waals surface area contributed by atoms with Gasteiger partial charge in [0.05, 0.1) is 12.4 Å². The molecule has 4 nitrogen and oxygen atoms in total. The van der Waals surface area contributed by atoms with E-state index < -0.39 is 0 Å². The molecule has 0 atom stereocenters. The van der Waals surface area contributed by atoms with Crippen molar-refractivity contribution in [2.45, 2.75) is 6.17 Å². The van der Waals surface area contributed by atoms with E-state index in [4.69, 9.17) is 0 Å². The molecule has 3 aromatic rings. The molecule has 0 aromatic heterocycles. The van der Waals surface area contributed by atoms with Gasteiger partial charge in [0.1, 0.15) is 0 Å². The van der Waals surface area contributed by atoms with Gasteiger partial charge in [-0.15, -0.1) is 0 Å². The van der Waals surface area contributed by atoms with E-state index in [1.807, 2.05) is 115 Å². The molecule has 0 saturated carbocycles. The molecule has 0 spiro atoms. The van der Waals surface area contributed by atoms with Crippen LogP contribution in [0.25, 0.3) is 0 Å². The Morgan fingerprint density at radius 2 is 0.963 bits per heavy atom. The number of hydrogen-bond donors (Lipinski definition) is 0. The average molecular weight is 356 g/mol. The van der Waals surface area contributed by atoms with E-state index in [1.54, 1.807) is 0 Å². The first kappa shape index (κ1) is 18.4. The quantitative estimate of drug-likeness (QED) is 0.351. The molecule has 0 N–H and O–H groups in total. The minimum atomic E-state index is -0.119. The van der Waals surface area contributed by atoms with Crippen molar-refractivity contribution in [1.29, 1.82) is 0 Å². The van der Waals surface area contributed by atoms with Gasteiger partial charge >= 0.3 is 0 Å². The van der Waals surface area contributed by atoms with Crippen LogP contribution in [-0.2, 0) is 0 Å². The third-order valence-corrected chi connectivity index (χ3v) is 4.18. The molecule has 3 rings (SSSR count). The van der Waals surface area contributed by atoms with Gasteiger partial charge in [-0.05, 0) is 16.7 Å². The van der Waals surface area contributed by atoms with Crippen LogP contribution in [-0.4, -0.2) is 36.5 Å². The van der Waals surface area contributed by atoms with Crippen molar-refractivity contribution in [1.82, 2.24) is 10.0 Å². The van der Waals surface area contributed by atoms with E-state index in [0.717, 1.165) is 16.7 Å². The zero-order valence-corrected chi connectivity index (χ0v) is 15.7. The highest BCUT2D eigenvalue weighted by molar-refractivity contribution is 5.79. The first-order valence-electron chi connectivity index (χ1n) is 8.93. The molecule has 0 unspecified atom stereocenters. The molecule has 0 bridgehead atoms. The summed E-state index contributed by atoms with van der Waals surface area (Å²) < 4.78 is 0. The number of hydrazone groups is 2. The molecule has 0 heterocycles. The second-order valence-electron chi connectivity index (χ2n) is 6.24. The van der Waals surface area contributed by atoms with Gasteiger partial charge < -0.3 is 0 Å². The van der Waals surface area contributed by atoms with Gasteiger partial charge in [0, 0.05) is 14.1 Å². The largest absolute Gasteiger partial charge is 0.272 e. The van der Waals surface area contributed by atoms with Crippen molar-refractivity contribution in [3.8, 4) is 0 Å². The van der Waals surface area contributed by atoms with Gasteiger partial charge in [-0.25, -0.2) is 0 Å². The highest BCUT2D eigenvalue weighted by Gasteiger charge is 2.19. The lowest BCUT2D eigenvalue weighted by Gasteiger charge is -2.32. The Kier molecular flexibility index (Phi) is 6.36. The predicted octanol–water partition coefficient (Wildman–Crippen LogP) is 4.62. The molecule has 0 aliphatic carbocycles. The zero-order valence-electron chi connectivity index (χ0n) is 15.7. The molecule has 0 fully saturated rings. The van der Waals surface area contributed by atoms with Crippen LogP contribution in [0.4, 0.5) is 0 Å². The summed E-state index contributed by atoms with van der Waals surface area (Å²) in [5.41, 5.74) is 3.25. The topological polar surface area (TPSA) is 31.2 Å². The highest BCUT2D eigenvalue weighted by atomic mass is 15.6. The maximum Gasteiger partial charge on any atom is 0.159 e. The van der Waals surface area contributed by atoms with Crippen LogP contribution in [0, 0.1) is 0 Å². The van der Waals surface area contributed by atoms with Crippen LogP contribution in [0.5, 0.6) is 0 Å². The van der Waals surface area contributed by atoms with Crippen LogP contribution in [0.3, 0.4) is 0 Å². The molecule has 0 amide bonds. The SMILES string of the molecule is CN(/N=C/c1ccccc1)C(c1ccccc1)N(C)/N=C/c1ccccc1. The summed E-state index contributed by atoms with van der Waals surface area (Å²) in [6.45, 7) is 0.